The first kappa shape index (κ1) is 18.6. The van der Waals surface area contributed by atoms with Crippen LogP contribution in [0.5, 0.6) is 17.6 Å². The molecule has 9 nitrogen and oxygen atoms in total. The molecular weight excluding hydrogens is 414 g/mol. The van der Waals surface area contributed by atoms with Gasteiger partial charge in [-0.2, -0.15) is 9.97 Å². The van der Waals surface area contributed by atoms with E-state index in [0.29, 0.717) is 22.5 Å². The van der Waals surface area contributed by atoms with E-state index in [4.69, 9.17) is 9.47 Å². The van der Waals surface area contributed by atoms with E-state index in [2.05, 4.69) is 57.6 Å². The number of aryl methyl sites for hydroxylation is 1. The van der Waals surface area contributed by atoms with E-state index in [1.54, 1.807) is 7.05 Å². The van der Waals surface area contributed by atoms with Gasteiger partial charge in [-0.25, -0.2) is 9.97 Å². The number of ether oxygens (including phenoxy) is 2. The fourth-order valence-corrected chi connectivity index (χ4v) is 3.02. The summed E-state index contributed by atoms with van der Waals surface area (Å²) in [4.78, 5) is 27.5. The minimum absolute atomic E-state index is 0.0862. The van der Waals surface area contributed by atoms with E-state index in [1.807, 2.05) is 6.92 Å². The number of aliphatic imine (C=N–C) groups is 2. The first-order valence-electron chi connectivity index (χ1n) is 7.93. The molecule has 10 heteroatoms. The molecule has 1 N–H and O–H groups in total. The van der Waals surface area contributed by atoms with Crippen LogP contribution in [0.1, 0.15) is 12.6 Å². The van der Waals surface area contributed by atoms with Gasteiger partial charge in [0, 0.05) is 12.7 Å². The van der Waals surface area contributed by atoms with Crippen molar-refractivity contribution < 1.29 is 9.47 Å². The number of aromatic nitrogens is 5. The molecule has 3 aromatic heterocycles. The molecule has 0 aliphatic heterocycles. The lowest BCUT2D eigenvalue weighted by molar-refractivity contribution is 0.404. The number of H-pyrrole nitrogens is 1. The molecule has 138 valence electrons. The number of rotatable bonds is 7. The second-order valence-corrected chi connectivity index (χ2v) is 5.98. The van der Waals surface area contributed by atoms with Gasteiger partial charge in [0.15, 0.2) is 11.5 Å². The average Bonchev–Trinajstić information content (AvgIpc) is 2.99. The van der Waals surface area contributed by atoms with Crippen LogP contribution in [0.4, 0.5) is 0 Å². The molecule has 0 aliphatic rings. The van der Waals surface area contributed by atoms with E-state index in [-0.39, 0.29) is 11.9 Å². The van der Waals surface area contributed by atoms with E-state index in [0.717, 1.165) is 16.6 Å². The molecule has 0 atom stereocenters. The Labute approximate surface area is 163 Å². The Morgan fingerprint density at radius 3 is 2.78 bits per heavy atom. The highest BCUT2D eigenvalue weighted by Crippen LogP contribution is 2.36. The number of allylic oxidation sites excluding steroid dienone is 1. The highest BCUT2D eigenvalue weighted by atomic mass is 79.9. The maximum absolute atomic E-state index is 5.89. The Bertz CT molecular complexity index is 1020. The summed E-state index contributed by atoms with van der Waals surface area (Å²) in [7, 11) is 1.63. The zero-order valence-corrected chi connectivity index (χ0v) is 16.3. The fraction of sp³-hybridized carbons (Fsp3) is 0.176. The van der Waals surface area contributed by atoms with Gasteiger partial charge in [-0.3, -0.25) is 9.98 Å². The van der Waals surface area contributed by atoms with E-state index in [1.165, 1.54) is 31.1 Å². The summed E-state index contributed by atoms with van der Waals surface area (Å²) < 4.78 is 12.4. The average molecular weight is 430 g/mol. The standard InChI is InChI=1S/C17H16BrN7O2/c1-4-12-14(18)13-15(23-12)24-17(27-11-7-21-9-22-8-11)25-16(13)26-10(5-19-2)6-20-3/h5-9H,2,4H2,1,3H3,(H,23,24,25). The van der Waals surface area contributed by atoms with Gasteiger partial charge < -0.3 is 14.5 Å². The molecule has 0 bridgehead atoms. The maximum atomic E-state index is 5.89. The summed E-state index contributed by atoms with van der Waals surface area (Å²) in [5.41, 5.74) is 1.52. The van der Waals surface area contributed by atoms with Crippen molar-refractivity contribution in [3.05, 3.63) is 40.8 Å². The molecule has 3 rings (SSSR count). The normalized spacial score (nSPS) is 11.9. The topological polar surface area (TPSA) is 111 Å². The van der Waals surface area contributed by atoms with Crippen molar-refractivity contribution in [2.45, 2.75) is 13.3 Å². The van der Waals surface area contributed by atoms with Gasteiger partial charge in [0.2, 0.25) is 5.88 Å². The summed E-state index contributed by atoms with van der Waals surface area (Å²) in [6.07, 6.45) is 8.15. The summed E-state index contributed by atoms with van der Waals surface area (Å²) in [6.45, 7) is 5.47. The number of fused-ring (bicyclic) bond motifs is 1. The van der Waals surface area contributed by atoms with Crippen LogP contribution in [0.2, 0.25) is 0 Å². The predicted octanol–water partition coefficient (Wildman–Crippen LogP) is 3.49. The second-order valence-electron chi connectivity index (χ2n) is 5.19. The number of nitrogens with zero attached hydrogens (tertiary/aromatic N) is 6. The number of nitrogens with one attached hydrogen (secondary N) is 1. The number of hydrogen-bond donors (Lipinski definition) is 1. The van der Waals surface area contributed by atoms with Crippen LogP contribution in [0.25, 0.3) is 11.0 Å². The van der Waals surface area contributed by atoms with Crippen molar-refractivity contribution >= 4 is 39.9 Å². The third-order valence-electron chi connectivity index (χ3n) is 3.40. The molecule has 0 spiro atoms. The summed E-state index contributed by atoms with van der Waals surface area (Å²) in [6, 6.07) is 0.0862. The third-order valence-corrected chi connectivity index (χ3v) is 4.27. The Morgan fingerprint density at radius 2 is 2.11 bits per heavy atom. The second kappa shape index (κ2) is 8.49. The molecule has 3 heterocycles. The lowest BCUT2D eigenvalue weighted by Gasteiger charge is -2.08. The quantitative estimate of drug-likeness (QED) is 0.454. The Kier molecular flexibility index (Phi) is 5.87. The summed E-state index contributed by atoms with van der Waals surface area (Å²) in [5, 5.41) is 0.683. The Morgan fingerprint density at radius 1 is 1.33 bits per heavy atom. The molecule has 0 saturated carbocycles. The Hall–Kier alpha value is -3.14. The van der Waals surface area contributed by atoms with Crippen molar-refractivity contribution in [3.63, 3.8) is 0 Å². The van der Waals surface area contributed by atoms with Crippen LogP contribution in [-0.4, -0.2) is 44.9 Å². The minimum Gasteiger partial charge on any atom is -0.435 e. The van der Waals surface area contributed by atoms with E-state index >= 15 is 0 Å². The van der Waals surface area contributed by atoms with Gasteiger partial charge in [-0.05, 0) is 29.1 Å². The number of halogens is 1. The predicted molar refractivity (Wildman–Crippen MR) is 106 cm³/mol. The molecule has 0 aromatic carbocycles. The van der Waals surface area contributed by atoms with Crippen molar-refractivity contribution in [3.8, 4) is 17.6 Å². The van der Waals surface area contributed by atoms with Crippen LogP contribution in [0, 0.1) is 0 Å². The smallest absolute Gasteiger partial charge is 0.327 e. The lowest BCUT2D eigenvalue weighted by Crippen LogP contribution is -2.02. The molecule has 0 saturated heterocycles. The highest BCUT2D eigenvalue weighted by molar-refractivity contribution is 9.10. The lowest BCUT2D eigenvalue weighted by atomic mass is 10.3. The van der Waals surface area contributed by atoms with Gasteiger partial charge in [-0.15, -0.1) is 0 Å². The van der Waals surface area contributed by atoms with Crippen molar-refractivity contribution in [1.29, 1.82) is 0 Å². The fourth-order valence-electron chi connectivity index (χ4n) is 2.28. The molecule has 0 unspecified atom stereocenters. The van der Waals surface area contributed by atoms with Crippen LogP contribution in [0.15, 0.2) is 45.1 Å². The highest BCUT2D eigenvalue weighted by Gasteiger charge is 2.19. The third kappa shape index (κ3) is 4.17. The first-order chi connectivity index (χ1) is 13.2. The van der Waals surface area contributed by atoms with Crippen LogP contribution < -0.4 is 9.47 Å². The van der Waals surface area contributed by atoms with Gasteiger partial charge in [0.05, 0.1) is 34.7 Å². The number of aromatic amines is 1. The Balaban J connectivity index is 2.11. The van der Waals surface area contributed by atoms with E-state index < -0.39 is 0 Å². The molecular formula is C17H16BrN7O2. The monoisotopic (exact) mass is 429 g/mol. The van der Waals surface area contributed by atoms with Gasteiger partial charge in [-0.1, -0.05) is 6.92 Å². The molecule has 27 heavy (non-hydrogen) atoms. The molecule has 0 fully saturated rings. The van der Waals surface area contributed by atoms with E-state index in [9.17, 15) is 0 Å². The summed E-state index contributed by atoms with van der Waals surface area (Å²) >= 11 is 3.58. The van der Waals surface area contributed by atoms with Crippen LogP contribution in [0.3, 0.4) is 0 Å². The van der Waals surface area contributed by atoms with Gasteiger partial charge in [0.25, 0.3) is 0 Å². The van der Waals surface area contributed by atoms with Crippen molar-refractivity contribution in [2.24, 2.45) is 9.98 Å². The zero-order valence-electron chi connectivity index (χ0n) is 14.7. The SMILES string of the molecule is C=NC=C(C=NC)Oc1nc(Oc2cncnc2)nc2[nH]c(CC)c(Br)c12. The number of hydrogen-bond acceptors (Lipinski definition) is 8. The van der Waals surface area contributed by atoms with Crippen molar-refractivity contribution in [1.82, 2.24) is 24.9 Å². The minimum atomic E-state index is 0.0862. The molecule has 0 radical (unpaired) electrons. The van der Waals surface area contributed by atoms with Crippen LogP contribution in [-0.2, 0) is 6.42 Å². The van der Waals surface area contributed by atoms with Crippen molar-refractivity contribution in [2.75, 3.05) is 7.05 Å². The molecule has 3 aromatic rings. The zero-order chi connectivity index (χ0) is 19.2. The maximum Gasteiger partial charge on any atom is 0.327 e. The largest absolute Gasteiger partial charge is 0.435 e. The molecule has 0 amide bonds. The van der Waals surface area contributed by atoms with Gasteiger partial charge >= 0.3 is 6.01 Å². The van der Waals surface area contributed by atoms with Gasteiger partial charge in [0.1, 0.15) is 12.0 Å². The first-order valence-corrected chi connectivity index (χ1v) is 8.72. The summed E-state index contributed by atoms with van der Waals surface area (Å²) in [5.74, 6) is 1.06. The van der Waals surface area contributed by atoms with Crippen LogP contribution >= 0.6 is 15.9 Å². The molecule has 0 aliphatic carbocycles.